The Hall–Kier alpha value is -1.31. The summed E-state index contributed by atoms with van der Waals surface area (Å²) in [4.78, 5) is 10.8. The first-order valence-corrected chi connectivity index (χ1v) is 5.77. The van der Waals surface area contributed by atoms with Crippen LogP contribution in [-0.2, 0) is 14.3 Å². The minimum Gasteiger partial charge on any atom is -0.388 e. The van der Waals surface area contributed by atoms with Gasteiger partial charge < -0.3 is 29.6 Å². The highest BCUT2D eigenvalue weighted by Gasteiger charge is 2.39. The van der Waals surface area contributed by atoms with Gasteiger partial charge in [-0.25, -0.2) is 0 Å². The van der Waals surface area contributed by atoms with Crippen molar-refractivity contribution >= 4 is 6.26 Å². The fourth-order valence-corrected chi connectivity index (χ4v) is 1.76. The van der Waals surface area contributed by atoms with Crippen LogP contribution in [0.3, 0.4) is 0 Å². The summed E-state index contributed by atoms with van der Waals surface area (Å²) in [5.74, 6) is 0. The first-order chi connectivity index (χ1) is 9.85. The van der Waals surface area contributed by atoms with E-state index in [1.807, 2.05) is 0 Å². The summed E-state index contributed by atoms with van der Waals surface area (Å²) in [6.45, 7) is -0.320. The number of aldehydes is 1. The van der Waals surface area contributed by atoms with E-state index in [9.17, 15) is 20.1 Å². The highest BCUT2D eigenvalue weighted by Crippen LogP contribution is 2.28. The Morgan fingerprint density at radius 2 is 2.11 bits per heavy atom. The zero-order chi connectivity index (χ0) is 15.6. The van der Waals surface area contributed by atoms with E-state index in [-0.39, 0.29) is 6.61 Å². The molecule has 1 saturated heterocycles. The second-order valence-corrected chi connectivity index (χ2v) is 4.17. The van der Waals surface area contributed by atoms with Crippen molar-refractivity contribution in [3.05, 3.63) is 35.9 Å². The fraction of sp³-hybridized carbons (Fsp3) is 0.462. The van der Waals surface area contributed by atoms with Crippen LogP contribution in [0.1, 0.15) is 14.6 Å². The zero-order valence-electron chi connectivity index (χ0n) is 12.0. The van der Waals surface area contributed by atoms with Crippen LogP contribution in [0.15, 0.2) is 30.3 Å². The summed E-state index contributed by atoms with van der Waals surface area (Å²) in [5, 5.41) is 29.0. The molecule has 2 rings (SSSR count). The number of hydrogen-bond acceptors (Lipinski definition) is 6. The van der Waals surface area contributed by atoms with Gasteiger partial charge in [-0.3, -0.25) is 0 Å². The number of hydrogen-bond donors (Lipinski definition) is 3. The highest BCUT2D eigenvalue weighted by molar-refractivity contribution is 5.56. The Balaban J connectivity index is 2.21. The molecule has 1 unspecified atom stereocenters. The Morgan fingerprint density at radius 3 is 2.74 bits per heavy atom. The van der Waals surface area contributed by atoms with Crippen molar-refractivity contribution in [2.45, 2.75) is 30.7 Å². The SMILES string of the molecule is [2H]C(=O)[C@H](O)[C@@H](O)[C@@H]1OC([2H])(c2ccccc2)OC[C@H]1O. The summed E-state index contributed by atoms with van der Waals surface area (Å²) in [5.41, 5.74) is 0.334. The average molecular weight is 270 g/mol. The molecular formula is C13H16O6. The molecule has 0 aromatic heterocycles. The third-order valence-corrected chi connectivity index (χ3v) is 2.80. The number of benzene rings is 1. The molecule has 0 saturated carbocycles. The lowest BCUT2D eigenvalue weighted by Crippen LogP contribution is -2.51. The number of rotatable bonds is 4. The molecule has 19 heavy (non-hydrogen) atoms. The van der Waals surface area contributed by atoms with Crippen molar-refractivity contribution in [3.63, 3.8) is 0 Å². The zero-order valence-corrected chi connectivity index (χ0v) is 9.97. The first kappa shape index (κ1) is 11.5. The van der Waals surface area contributed by atoms with Crippen LogP contribution in [0, 0.1) is 0 Å². The topological polar surface area (TPSA) is 96.2 Å². The summed E-state index contributed by atoms with van der Waals surface area (Å²) in [7, 11) is 0. The van der Waals surface area contributed by atoms with E-state index >= 15 is 0 Å². The van der Waals surface area contributed by atoms with Gasteiger partial charge >= 0.3 is 0 Å². The molecule has 0 aliphatic carbocycles. The van der Waals surface area contributed by atoms with E-state index in [0.29, 0.717) is 5.56 Å². The first-order valence-electron chi connectivity index (χ1n) is 6.77. The van der Waals surface area contributed by atoms with Gasteiger partial charge in [0.05, 0.1) is 7.98 Å². The normalized spacial score (nSPS) is 35.9. The lowest BCUT2D eigenvalue weighted by atomic mass is 10.0. The third kappa shape index (κ3) is 3.17. The summed E-state index contributed by atoms with van der Waals surface area (Å²) >= 11 is 0. The maximum atomic E-state index is 10.8. The molecule has 1 heterocycles. The molecular weight excluding hydrogens is 252 g/mol. The molecule has 1 aromatic rings. The van der Waals surface area contributed by atoms with Gasteiger partial charge in [-0.1, -0.05) is 30.3 Å². The molecule has 0 spiro atoms. The molecule has 6 heteroatoms. The Kier molecular flexibility index (Phi) is 3.77. The summed E-state index contributed by atoms with van der Waals surface area (Å²) in [6, 6.07) is 8.20. The van der Waals surface area contributed by atoms with Crippen molar-refractivity contribution in [2.75, 3.05) is 6.61 Å². The molecule has 1 aliphatic heterocycles. The predicted octanol–water partition coefficient (Wildman–Crippen LogP) is -0.618. The average Bonchev–Trinajstić information content (AvgIpc) is 2.49. The molecule has 1 fully saturated rings. The number of aliphatic hydroxyl groups is 3. The molecule has 3 N–H and O–H groups in total. The molecule has 1 aromatic carbocycles. The van der Waals surface area contributed by atoms with Gasteiger partial charge in [0.2, 0.25) is 0 Å². The van der Waals surface area contributed by atoms with Crippen LogP contribution in [-0.4, -0.2) is 52.6 Å². The molecule has 104 valence electrons. The van der Waals surface area contributed by atoms with Crippen molar-refractivity contribution in [1.82, 2.24) is 0 Å². The van der Waals surface area contributed by atoms with Crippen molar-refractivity contribution < 1.29 is 32.3 Å². The number of carbonyl (C=O) groups is 1. The molecule has 5 atom stereocenters. The van der Waals surface area contributed by atoms with Crippen LogP contribution >= 0.6 is 0 Å². The van der Waals surface area contributed by atoms with Crippen molar-refractivity contribution in [2.24, 2.45) is 0 Å². The van der Waals surface area contributed by atoms with Crippen LogP contribution in [0.5, 0.6) is 0 Å². The minimum absolute atomic E-state index is 0.320. The predicted molar refractivity (Wildman–Crippen MR) is 64.1 cm³/mol. The molecule has 1 aliphatic rings. The van der Waals surface area contributed by atoms with Gasteiger partial charge in [-0.05, 0) is 0 Å². The van der Waals surface area contributed by atoms with Crippen LogP contribution < -0.4 is 0 Å². The largest absolute Gasteiger partial charge is 0.388 e. The van der Waals surface area contributed by atoms with Gasteiger partial charge in [-0.2, -0.15) is 0 Å². The van der Waals surface area contributed by atoms with Crippen LogP contribution in [0.25, 0.3) is 0 Å². The van der Waals surface area contributed by atoms with Crippen LogP contribution in [0.4, 0.5) is 0 Å². The minimum atomic E-state index is -2.03. The van der Waals surface area contributed by atoms with Gasteiger partial charge in [0.25, 0.3) is 0 Å². The smallest absolute Gasteiger partial charge is 0.184 e. The lowest BCUT2D eigenvalue weighted by molar-refractivity contribution is -0.281. The molecule has 0 radical (unpaired) electrons. The van der Waals surface area contributed by atoms with Gasteiger partial charge in [0, 0.05) is 5.56 Å². The van der Waals surface area contributed by atoms with Gasteiger partial charge in [0.15, 0.2) is 12.5 Å². The molecule has 0 bridgehead atoms. The van der Waals surface area contributed by atoms with E-state index in [0.717, 1.165) is 0 Å². The quantitative estimate of drug-likeness (QED) is 0.631. The summed E-state index contributed by atoms with van der Waals surface area (Å²) in [6.07, 6.45) is -10.0. The van der Waals surface area contributed by atoms with E-state index in [4.69, 9.17) is 12.2 Å². The fourth-order valence-electron chi connectivity index (χ4n) is 1.76. The summed E-state index contributed by atoms with van der Waals surface area (Å²) < 4.78 is 25.3. The van der Waals surface area contributed by atoms with Gasteiger partial charge in [0.1, 0.15) is 25.8 Å². The number of carbonyl (C=O) groups excluding carboxylic acids is 1. The lowest BCUT2D eigenvalue weighted by Gasteiger charge is -2.37. The second-order valence-electron chi connectivity index (χ2n) is 4.17. The third-order valence-electron chi connectivity index (χ3n) is 2.80. The van der Waals surface area contributed by atoms with Crippen molar-refractivity contribution in [3.8, 4) is 0 Å². The highest BCUT2D eigenvalue weighted by atomic mass is 16.7. The maximum Gasteiger partial charge on any atom is 0.184 e. The molecule has 0 amide bonds. The Labute approximate surface area is 113 Å². The van der Waals surface area contributed by atoms with Gasteiger partial charge in [-0.15, -0.1) is 0 Å². The Bertz CT molecular complexity index is 499. The van der Waals surface area contributed by atoms with E-state index in [2.05, 4.69) is 0 Å². The maximum absolute atomic E-state index is 10.8. The Morgan fingerprint density at radius 1 is 1.42 bits per heavy atom. The van der Waals surface area contributed by atoms with E-state index in [1.54, 1.807) is 30.3 Å². The monoisotopic (exact) mass is 270 g/mol. The van der Waals surface area contributed by atoms with E-state index in [1.165, 1.54) is 0 Å². The molecule has 6 nitrogen and oxygen atoms in total. The second kappa shape index (κ2) is 6.23. The number of aliphatic hydroxyl groups excluding tert-OH is 3. The number of ether oxygens (including phenoxy) is 2. The van der Waals surface area contributed by atoms with Crippen molar-refractivity contribution in [1.29, 1.82) is 0 Å². The van der Waals surface area contributed by atoms with E-state index < -0.39 is 36.9 Å². The van der Waals surface area contributed by atoms with Crippen LogP contribution in [0.2, 0.25) is 0 Å². The standard InChI is InChI=1S/C13H16O6/c14-6-9(15)11(17)12-10(16)7-18-13(19-12)8-4-2-1-3-5-8/h1-6,9-13,15-17H,7H2/t9-,10+,11+,12+,13?/m0/s1/i6D,13D.